The highest BCUT2D eigenvalue weighted by Crippen LogP contribution is 2.37. The molecule has 1 aromatic carbocycles. The molecule has 28 heavy (non-hydrogen) atoms. The highest BCUT2D eigenvalue weighted by Gasteiger charge is 2.28. The quantitative estimate of drug-likeness (QED) is 0.717. The second-order valence-corrected chi connectivity index (χ2v) is 7.20. The Morgan fingerprint density at radius 3 is 2.75 bits per heavy atom. The molecular formula is C19H23N7O2. The third-order valence-electron chi connectivity index (χ3n) is 5.10. The third-order valence-corrected chi connectivity index (χ3v) is 5.10. The van der Waals surface area contributed by atoms with Crippen LogP contribution >= 0.6 is 0 Å². The van der Waals surface area contributed by atoms with Gasteiger partial charge in [-0.25, -0.2) is 4.98 Å². The average Bonchev–Trinajstić information content (AvgIpc) is 3.19. The van der Waals surface area contributed by atoms with E-state index in [1.165, 1.54) is 0 Å². The summed E-state index contributed by atoms with van der Waals surface area (Å²) in [6.07, 6.45) is 0. The number of aromatic nitrogens is 4. The Hall–Kier alpha value is -3.36. The van der Waals surface area contributed by atoms with Crippen LogP contribution in [-0.4, -0.2) is 44.7 Å². The molecule has 0 saturated heterocycles. The molecule has 0 unspecified atom stereocenters. The molecule has 9 heteroatoms. The number of benzene rings is 1. The molecule has 3 N–H and O–H groups in total. The lowest BCUT2D eigenvalue weighted by Crippen LogP contribution is -2.32. The van der Waals surface area contributed by atoms with Crippen molar-refractivity contribution >= 4 is 34.5 Å². The normalized spacial score (nSPS) is 15.9. The van der Waals surface area contributed by atoms with Crippen molar-refractivity contribution < 1.29 is 9.59 Å². The number of primary amides is 1. The molecule has 0 saturated carbocycles. The summed E-state index contributed by atoms with van der Waals surface area (Å²) in [5, 5.41) is 7.26. The molecule has 1 aliphatic rings. The maximum Gasteiger partial charge on any atom is 0.276 e. The Labute approximate surface area is 162 Å². The van der Waals surface area contributed by atoms with Crippen LogP contribution in [0.2, 0.25) is 0 Å². The van der Waals surface area contributed by atoms with Gasteiger partial charge in [-0.15, -0.1) is 0 Å². The molecule has 0 bridgehead atoms. The minimum absolute atomic E-state index is 0.0926. The molecular weight excluding hydrogens is 358 g/mol. The summed E-state index contributed by atoms with van der Waals surface area (Å²) in [4.78, 5) is 31.3. The monoisotopic (exact) mass is 381 g/mol. The van der Waals surface area contributed by atoms with Gasteiger partial charge in [-0.2, -0.15) is 5.10 Å². The number of nitrogens with two attached hydrogens (primary N) is 1. The zero-order valence-corrected chi connectivity index (χ0v) is 16.4. The van der Waals surface area contributed by atoms with Crippen LogP contribution < -0.4 is 16.0 Å². The van der Waals surface area contributed by atoms with Crippen molar-refractivity contribution in [3.63, 3.8) is 0 Å². The van der Waals surface area contributed by atoms with Crippen molar-refractivity contribution in [2.24, 2.45) is 5.73 Å². The van der Waals surface area contributed by atoms with Crippen LogP contribution in [0.5, 0.6) is 0 Å². The fourth-order valence-electron chi connectivity index (χ4n) is 3.87. The number of hydrogen-bond donors (Lipinski definition) is 2. The molecule has 1 aliphatic heterocycles. The second kappa shape index (κ2) is 6.36. The highest BCUT2D eigenvalue weighted by atomic mass is 16.2. The number of carbonyl (C=O) groups is 2. The summed E-state index contributed by atoms with van der Waals surface area (Å²) in [5.74, 6) is -0.325. The Balaban J connectivity index is 1.83. The number of imidazole rings is 1. The highest BCUT2D eigenvalue weighted by molar-refractivity contribution is 6.05. The topological polar surface area (TPSA) is 111 Å². The van der Waals surface area contributed by atoms with E-state index >= 15 is 0 Å². The van der Waals surface area contributed by atoms with Crippen molar-refractivity contribution in [1.82, 2.24) is 19.3 Å². The molecule has 146 valence electrons. The predicted molar refractivity (Wildman–Crippen MR) is 107 cm³/mol. The van der Waals surface area contributed by atoms with Gasteiger partial charge >= 0.3 is 0 Å². The van der Waals surface area contributed by atoms with E-state index in [-0.39, 0.29) is 11.9 Å². The molecule has 2 amide bonds. The Bertz CT molecular complexity index is 1110. The number of anilines is 2. The fourth-order valence-corrected chi connectivity index (χ4v) is 3.87. The lowest BCUT2D eigenvalue weighted by atomic mass is 10.1. The van der Waals surface area contributed by atoms with Gasteiger partial charge in [0.15, 0.2) is 0 Å². The summed E-state index contributed by atoms with van der Waals surface area (Å²) in [6.45, 7) is 7.17. The van der Waals surface area contributed by atoms with Crippen LogP contribution in [0.25, 0.3) is 11.0 Å². The summed E-state index contributed by atoms with van der Waals surface area (Å²) in [7, 11) is 1.97. The zero-order valence-electron chi connectivity index (χ0n) is 16.4. The van der Waals surface area contributed by atoms with E-state index in [9.17, 15) is 9.59 Å². The number of rotatable bonds is 4. The van der Waals surface area contributed by atoms with Gasteiger partial charge in [0.1, 0.15) is 5.69 Å². The van der Waals surface area contributed by atoms with Gasteiger partial charge in [0.2, 0.25) is 11.9 Å². The largest absolute Gasteiger partial charge is 0.371 e. The van der Waals surface area contributed by atoms with E-state index in [4.69, 9.17) is 5.73 Å². The van der Waals surface area contributed by atoms with E-state index in [1.807, 2.05) is 25.5 Å². The van der Waals surface area contributed by atoms with Crippen molar-refractivity contribution in [1.29, 1.82) is 0 Å². The molecule has 1 atom stereocenters. The summed E-state index contributed by atoms with van der Waals surface area (Å²) >= 11 is 0. The molecule has 9 nitrogen and oxygen atoms in total. The van der Waals surface area contributed by atoms with E-state index < -0.39 is 5.91 Å². The molecule has 0 fully saturated rings. The lowest BCUT2D eigenvalue weighted by Gasteiger charge is -2.32. The second-order valence-electron chi connectivity index (χ2n) is 7.20. The van der Waals surface area contributed by atoms with Crippen LogP contribution in [0.15, 0.2) is 18.2 Å². The smallest absolute Gasteiger partial charge is 0.276 e. The van der Waals surface area contributed by atoms with Crippen molar-refractivity contribution in [2.45, 2.75) is 33.4 Å². The molecule has 3 heterocycles. The van der Waals surface area contributed by atoms with Crippen LogP contribution in [0.4, 0.5) is 11.6 Å². The first-order valence-corrected chi connectivity index (χ1v) is 9.22. The number of amides is 2. The van der Waals surface area contributed by atoms with E-state index in [0.29, 0.717) is 29.3 Å². The molecule has 2 aromatic heterocycles. The predicted octanol–water partition coefficient (Wildman–Crippen LogP) is 1.92. The maximum atomic E-state index is 12.9. The number of aryl methyl sites for hydroxylation is 2. The van der Waals surface area contributed by atoms with Crippen molar-refractivity contribution in [2.75, 3.05) is 23.8 Å². The van der Waals surface area contributed by atoms with Gasteiger partial charge in [-0.05, 0) is 39.0 Å². The van der Waals surface area contributed by atoms with E-state index in [0.717, 1.165) is 23.4 Å². The van der Waals surface area contributed by atoms with Crippen LogP contribution in [0.3, 0.4) is 0 Å². The van der Waals surface area contributed by atoms with Crippen molar-refractivity contribution in [3.05, 3.63) is 35.2 Å². The number of likely N-dealkylation sites (N-methyl/N-ethyl adjacent to an activating group) is 1. The van der Waals surface area contributed by atoms with Gasteiger partial charge in [0.25, 0.3) is 5.91 Å². The standard InChI is InChI=1S/C19H23N7O2/c1-5-25-15(6-10(2)23-25)18(28)22-19-21-13-7-12(17(20)27)8-14-16(13)26(19)11(3)9-24(14)4/h6-8,11H,5,9H2,1-4H3,(H2,20,27)(H,21,22,28)/t11-/m0/s1. The summed E-state index contributed by atoms with van der Waals surface area (Å²) in [6, 6.07) is 5.29. The molecule has 4 rings (SSSR count). The van der Waals surface area contributed by atoms with Gasteiger partial charge in [-0.3, -0.25) is 19.6 Å². The minimum Gasteiger partial charge on any atom is -0.371 e. The van der Waals surface area contributed by atoms with Gasteiger partial charge in [0.05, 0.1) is 28.5 Å². The van der Waals surface area contributed by atoms with Crippen LogP contribution in [0, 0.1) is 6.92 Å². The zero-order chi connectivity index (χ0) is 20.2. The number of nitrogens with one attached hydrogen (secondary N) is 1. The number of hydrogen-bond acceptors (Lipinski definition) is 5. The third kappa shape index (κ3) is 2.70. The maximum absolute atomic E-state index is 12.9. The molecule has 0 aliphatic carbocycles. The Morgan fingerprint density at radius 2 is 2.07 bits per heavy atom. The first-order valence-electron chi connectivity index (χ1n) is 9.22. The van der Waals surface area contributed by atoms with Crippen LogP contribution in [-0.2, 0) is 6.54 Å². The first-order chi connectivity index (χ1) is 13.3. The Morgan fingerprint density at radius 1 is 1.32 bits per heavy atom. The Kier molecular flexibility index (Phi) is 4.10. The average molecular weight is 381 g/mol. The lowest BCUT2D eigenvalue weighted by molar-refractivity contribution is 0.0996. The molecule has 0 spiro atoms. The number of nitrogens with zero attached hydrogens (tertiary/aromatic N) is 5. The van der Waals surface area contributed by atoms with Crippen LogP contribution in [0.1, 0.15) is 46.4 Å². The van der Waals surface area contributed by atoms with E-state index in [1.54, 1.807) is 22.9 Å². The first kappa shape index (κ1) is 18.0. The fraction of sp³-hybridized carbons (Fsp3) is 0.368. The summed E-state index contributed by atoms with van der Waals surface area (Å²) in [5.41, 5.74) is 9.51. The molecule has 0 radical (unpaired) electrons. The van der Waals surface area contributed by atoms with E-state index in [2.05, 4.69) is 27.2 Å². The van der Waals surface area contributed by atoms with Crippen molar-refractivity contribution in [3.8, 4) is 0 Å². The molecule has 3 aromatic rings. The van der Waals surface area contributed by atoms with Gasteiger partial charge in [0, 0.05) is 25.7 Å². The minimum atomic E-state index is -0.507. The summed E-state index contributed by atoms with van der Waals surface area (Å²) < 4.78 is 3.67. The number of carbonyl (C=O) groups excluding carboxylic acids is 2. The van der Waals surface area contributed by atoms with Gasteiger partial charge < -0.3 is 15.2 Å². The SMILES string of the molecule is CCn1nc(C)cc1C(=O)Nc1nc2cc(C(N)=O)cc3c2n1[C@@H](C)CN3C. The van der Waals surface area contributed by atoms with Gasteiger partial charge in [-0.1, -0.05) is 0 Å².